The predicted octanol–water partition coefficient (Wildman–Crippen LogP) is 1.00. The molecule has 0 unspecified atom stereocenters. The molecule has 0 saturated carbocycles. The summed E-state index contributed by atoms with van der Waals surface area (Å²) in [5.74, 6) is 0.407. The van der Waals surface area contributed by atoms with E-state index in [9.17, 15) is 4.79 Å². The van der Waals surface area contributed by atoms with Crippen LogP contribution in [-0.4, -0.2) is 30.9 Å². The molecule has 0 aliphatic rings. The molecule has 0 aliphatic carbocycles. The molecule has 0 atom stereocenters. The normalized spacial score (nSPS) is 10.6. The number of nitrogens with zero attached hydrogens (tertiary/aromatic N) is 1. The molecular weight excluding hydrogens is 232 g/mol. The monoisotopic (exact) mass is 254 g/mol. The molecule has 2 N–H and O–H groups in total. The number of unbranched alkanes of at least 4 members (excludes halogenated alkanes) is 1. The molecule has 0 bridgehead atoms. The minimum absolute atomic E-state index is 0.107. The molecule has 1 heterocycles. The lowest BCUT2D eigenvalue weighted by Crippen LogP contribution is -2.24. The van der Waals surface area contributed by atoms with E-state index >= 15 is 0 Å². The van der Waals surface area contributed by atoms with Crippen LogP contribution in [0.4, 0.5) is 0 Å². The first-order chi connectivity index (χ1) is 8.79. The molecule has 0 amide bonds. The van der Waals surface area contributed by atoms with Crippen molar-refractivity contribution in [1.29, 1.82) is 0 Å². The van der Waals surface area contributed by atoms with Crippen LogP contribution < -0.4 is 16.0 Å². The molecule has 0 fully saturated rings. The van der Waals surface area contributed by atoms with Crippen molar-refractivity contribution >= 4 is 0 Å². The number of pyridine rings is 1. The molecule has 102 valence electrons. The van der Waals surface area contributed by atoms with E-state index in [-0.39, 0.29) is 5.56 Å². The first-order valence-electron chi connectivity index (χ1n) is 6.39. The molecule has 0 radical (unpaired) electrons. The van der Waals surface area contributed by atoms with Crippen LogP contribution in [0.25, 0.3) is 0 Å². The van der Waals surface area contributed by atoms with E-state index in [2.05, 4.69) is 6.92 Å². The van der Waals surface area contributed by atoms with Gasteiger partial charge < -0.3 is 19.8 Å². The highest BCUT2D eigenvalue weighted by Gasteiger charge is 2.03. The number of aromatic nitrogens is 1. The van der Waals surface area contributed by atoms with Gasteiger partial charge in [0.15, 0.2) is 5.75 Å². The third-order valence-corrected chi connectivity index (χ3v) is 2.48. The van der Waals surface area contributed by atoms with Gasteiger partial charge in [-0.3, -0.25) is 4.79 Å². The van der Waals surface area contributed by atoms with E-state index in [1.54, 1.807) is 16.8 Å². The van der Waals surface area contributed by atoms with Crippen LogP contribution in [0, 0.1) is 0 Å². The Kier molecular flexibility index (Phi) is 7.13. The highest BCUT2D eigenvalue weighted by molar-refractivity contribution is 5.17. The molecule has 0 spiro atoms. The van der Waals surface area contributed by atoms with Crippen LogP contribution in [0.5, 0.6) is 5.75 Å². The minimum Gasteiger partial charge on any atom is -0.488 e. The van der Waals surface area contributed by atoms with Gasteiger partial charge in [-0.05, 0) is 18.6 Å². The maximum atomic E-state index is 12.0. The number of hydrogen-bond acceptors (Lipinski definition) is 4. The third-order valence-electron chi connectivity index (χ3n) is 2.48. The first-order valence-corrected chi connectivity index (χ1v) is 6.39. The molecule has 0 aliphatic heterocycles. The van der Waals surface area contributed by atoms with E-state index in [0.717, 1.165) is 12.8 Å². The van der Waals surface area contributed by atoms with Crippen LogP contribution in [-0.2, 0) is 11.3 Å². The van der Waals surface area contributed by atoms with Crippen molar-refractivity contribution in [2.75, 3.05) is 26.4 Å². The zero-order valence-corrected chi connectivity index (χ0v) is 10.9. The van der Waals surface area contributed by atoms with Crippen molar-refractivity contribution in [3.8, 4) is 5.75 Å². The number of rotatable bonds is 9. The fraction of sp³-hybridized carbons (Fsp3) is 0.615. The standard InChI is InChI=1S/C13H22N2O3/c1-2-3-9-18-12-5-4-7-15(13(12)16)8-11-17-10-6-14/h4-5,7H,2-3,6,8-11,14H2,1H3. The summed E-state index contributed by atoms with van der Waals surface area (Å²) in [5.41, 5.74) is 5.21. The van der Waals surface area contributed by atoms with Crippen molar-refractivity contribution < 1.29 is 9.47 Å². The number of ether oxygens (including phenoxy) is 2. The summed E-state index contributed by atoms with van der Waals surface area (Å²) in [6, 6.07) is 3.51. The van der Waals surface area contributed by atoms with Crippen LogP contribution in [0.2, 0.25) is 0 Å². The maximum absolute atomic E-state index is 12.0. The van der Waals surface area contributed by atoms with E-state index in [1.165, 1.54) is 0 Å². The fourth-order valence-electron chi connectivity index (χ4n) is 1.48. The Hall–Kier alpha value is -1.33. The van der Waals surface area contributed by atoms with Gasteiger partial charge in [0.1, 0.15) is 0 Å². The average molecular weight is 254 g/mol. The molecular formula is C13H22N2O3. The van der Waals surface area contributed by atoms with Crippen LogP contribution >= 0.6 is 0 Å². The molecule has 18 heavy (non-hydrogen) atoms. The molecule has 1 aromatic rings. The molecule has 1 aromatic heterocycles. The quantitative estimate of drug-likeness (QED) is 0.668. The van der Waals surface area contributed by atoms with Gasteiger partial charge in [-0.2, -0.15) is 0 Å². The van der Waals surface area contributed by atoms with Crippen LogP contribution in [0.1, 0.15) is 19.8 Å². The van der Waals surface area contributed by atoms with E-state index < -0.39 is 0 Å². The lowest BCUT2D eigenvalue weighted by Gasteiger charge is -2.09. The van der Waals surface area contributed by atoms with Gasteiger partial charge in [0.25, 0.3) is 5.56 Å². The second kappa shape index (κ2) is 8.72. The van der Waals surface area contributed by atoms with Crippen molar-refractivity contribution in [2.24, 2.45) is 5.73 Å². The van der Waals surface area contributed by atoms with Gasteiger partial charge in [0.2, 0.25) is 0 Å². The van der Waals surface area contributed by atoms with Gasteiger partial charge in [-0.25, -0.2) is 0 Å². The smallest absolute Gasteiger partial charge is 0.292 e. The molecule has 5 nitrogen and oxygen atoms in total. The van der Waals surface area contributed by atoms with Crippen LogP contribution in [0.3, 0.4) is 0 Å². The Bertz CT molecular complexity index is 390. The SMILES string of the molecule is CCCCOc1cccn(CCOCCN)c1=O. The Labute approximate surface area is 108 Å². The van der Waals surface area contributed by atoms with Crippen molar-refractivity contribution in [1.82, 2.24) is 4.57 Å². The second-order valence-electron chi connectivity index (χ2n) is 3.97. The Morgan fingerprint density at radius 1 is 1.33 bits per heavy atom. The molecule has 0 saturated heterocycles. The summed E-state index contributed by atoms with van der Waals surface area (Å²) < 4.78 is 12.3. The molecule has 1 rings (SSSR count). The second-order valence-corrected chi connectivity index (χ2v) is 3.97. The van der Waals surface area contributed by atoms with Gasteiger partial charge in [0.05, 0.1) is 19.8 Å². The van der Waals surface area contributed by atoms with Crippen molar-refractivity contribution in [3.05, 3.63) is 28.7 Å². The van der Waals surface area contributed by atoms with Gasteiger partial charge in [0, 0.05) is 19.3 Å². The van der Waals surface area contributed by atoms with E-state index in [4.69, 9.17) is 15.2 Å². The highest BCUT2D eigenvalue weighted by atomic mass is 16.5. The summed E-state index contributed by atoms with van der Waals surface area (Å²) in [6.45, 7) is 4.68. The van der Waals surface area contributed by atoms with Gasteiger partial charge in [-0.1, -0.05) is 13.3 Å². The van der Waals surface area contributed by atoms with Crippen molar-refractivity contribution in [2.45, 2.75) is 26.3 Å². The summed E-state index contributed by atoms with van der Waals surface area (Å²) in [6.07, 6.45) is 3.74. The number of hydrogen-bond donors (Lipinski definition) is 1. The van der Waals surface area contributed by atoms with Gasteiger partial charge >= 0.3 is 0 Å². The highest BCUT2D eigenvalue weighted by Crippen LogP contribution is 2.03. The Balaban J connectivity index is 2.52. The summed E-state index contributed by atoms with van der Waals surface area (Å²) >= 11 is 0. The lowest BCUT2D eigenvalue weighted by atomic mass is 10.3. The third kappa shape index (κ3) is 4.89. The number of nitrogens with two attached hydrogens (primary N) is 1. The Morgan fingerprint density at radius 3 is 2.89 bits per heavy atom. The minimum atomic E-state index is -0.107. The Morgan fingerprint density at radius 2 is 2.17 bits per heavy atom. The largest absolute Gasteiger partial charge is 0.488 e. The summed E-state index contributed by atoms with van der Waals surface area (Å²) in [5, 5.41) is 0. The van der Waals surface area contributed by atoms with E-state index in [1.807, 2.05) is 6.07 Å². The zero-order valence-electron chi connectivity index (χ0n) is 10.9. The summed E-state index contributed by atoms with van der Waals surface area (Å²) in [4.78, 5) is 12.0. The predicted molar refractivity (Wildman–Crippen MR) is 71.0 cm³/mol. The zero-order chi connectivity index (χ0) is 13.2. The fourth-order valence-corrected chi connectivity index (χ4v) is 1.48. The molecule has 0 aromatic carbocycles. The topological polar surface area (TPSA) is 66.5 Å². The van der Waals surface area contributed by atoms with Gasteiger partial charge in [-0.15, -0.1) is 0 Å². The maximum Gasteiger partial charge on any atom is 0.292 e. The lowest BCUT2D eigenvalue weighted by molar-refractivity contribution is 0.132. The summed E-state index contributed by atoms with van der Waals surface area (Å²) in [7, 11) is 0. The van der Waals surface area contributed by atoms with Crippen molar-refractivity contribution in [3.63, 3.8) is 0 Å². The van der Waals surface area contributed by atoms with E-state index in [0.29, 0.717) is 38.7 Å². The first kappa shape index (κ1) is 14.7. The molecule has 5 heteroatoms. The van der Waals surface area contributed by atoms with Crippen LogP contribution in [0.15, 0.2) is 23.1 Å². The average Bonchev–Trinajstić information content (AvgIpc) is 2.38.